The lowest BCUT2D eigenvalue weighted by Crippen LogP contribution is -2.39. The highest BCUT2D eigenvalue weighted by atomic mass is 32.2. The van der Waals surface area contributed by atoms with E-state index in [4.69, 9.17) is 5.73 Å². The summed E-state index contributed by atoms with van der Waals surface area (Å²) >= 11 is 1.78. The van der Waals surface area contributed by atoms with E-state index < -0.39 is 0 Å². The summed E-state index contributed by atoms with van der Waals surface area (Å²) in [6, 6.07) is 11.2. The van der Waals surface area contributed by atoms with E-state index in [1.165, 1.54) is 10.5 Å². The maximum atomic E-state index is 6.20. The van der Waals surface area contributed by atoms with Crippen molar-refractivity contribution in [2.75, 3.05) is 30.4 Å². The van der Waals surface area contributed by atoms with E-state index in [-0.39, 0.29) is 0 Å². The first-order chi connectivity index (χ1) is 14.0. The van der Waals surface area contributed by atoms with Crippen LogP contribution in [0.3, 0.4) is 0 Å². The molecule has 0 spiro atoms. The van der Waals surface area contributed by atoms with E-state index in [0.717, 1.165) is 49.1 Å². The number of aromatic nitrogens is 3. The lowest BCUT2D eigenvalue weighted by molar-refractivity contribution is 0.211. The molecule has 7 heteroatoms. The van der Waals surface area contributed by atoms with Crippen molar-refractivity contribution in [3.05, 3.63) is 47.2 Å². The van der Waals surface area contributed by atoms with Gasteiger partial charge in [-0.2, -0.15) is 9.97 Å². The smallest absolute Gasteiger partial charge is 0.226 e. The minimum atomic E-state index is 0.355. The molecule has 6 nitrogen and oxygen atoms in total. The first-order valence-electron chi connectivity index (χ1n) is 10.0. The number of nitrogens with one attached hydrogen (secondary N) is 1. The van der Waals surface area contributed by atoms with Gasteiger partial charge in [0.05, 0.1) is 5.39 Å². The van der Waals surface area contributed by atoms with Crippen molar-refractivity contribution >= 4 is 34.6 Å². The number of nitrogens with two attached hydrogens (primary N) is 1. The molecule has 0 aliphatic carbocycles. The zero-order valence-electron chi connectivity index (χ0n) is 17.3. The fraction of sp³-hybridized carbons (Fsp3) is 0.409. The summed E-state index contributed by atoms with van der Waals surface area (Å²) < 4.78 is 0. The van der Waals surface area contributed by atoms with Crippen LogP contribution in [0.2, 0.25) is 0 Å². The van der Waals surface area contributed by atoms with Gasteiger partial charge >= 0.3 is 0 Å². The number of nitrogens with zero attached hydrogens (tertiary/aromatic N) is 4. The minimum Gasteiger partial charge on any atom is -0.383 e. The number of piperidine rings is 1. The average molecular weight is 409 g/mol. The molecule has 0 radical (unpaired) electrons. The molecule has 2 aromatic heterocycles. The predicted octanol–water partition coefficient (Wildman–Crippen LogP) is 4.02. The van der Waals surface area contributed by atoms with Crippen molar-refractivity contribution < 1.29 is 0 Å². The minimum absolute atomic E-state index is 0.355. The van der Waals surface area contributed by atoms with Crippen LogP contribution in [0.15, 0.2) is 35.2 Å². The molecule has 0 saturated carbocycles. The first kappa shape index (κ1) is 19.9. The molecule has 3 N–H and O–H groups in total. The van der Waals surface area contributed by atoms with Gasteiger partial charge in [-0.1, -0.05) is 12.1 Å². The number of hydrogen-bond donors (Lipinski definition) is 2. The molecule has 0 unspecified atom stereocenters. The highest BCUT2D eigenvalue weighted by molar-refractivity contribution is 7.98. The van der Waals surface area contributed by atoms with Crippen LogP contribution < -0.4 is 11.1 Å². The molecule has 3 heterocycles. The van der Waals surface area contributed by atoms with E-state index >= 15 is 0 Å². The van der Waals surface area contributed by atoms with Crippen molar-refractivity contribution in [1.29, 1.82) is 0 Å². The number of benzene rings is 1. The lowest BCUT2D eigenvalue weighted by atomic mass is 10.0. The van der Waals surface area contributed by atoms with Crippen LogP contribution in [0, 0.1) is 13.8 Å². The Morgan fingerprint density at radius 3 is 2.52 bits per heavy atom. The summed E-state index contributed by atoms with van der Waals surface area (Å²) in [6.07, 6.45) is 4.23. The molecule has 1 fully saturated rings. The molecule has 3 aromatic rings. The summed E-state index contributed by atoms with van der Waals surface area (Å²) in [4.78, 5) is 17.5. The fourth-order valence-corrected chi connectivity index (χ4v) is 4.39. The number of pyridine rings is 1. The highest BCUT2D eigenvalue weighted by Crippen LogP contribution is 2.24. The van der Waals surface area contributed by atoms with Gasteiger partial charge in [0.25, 0.3) is 0 Å². The van der Waals surface area contributed by atoms with Crippen LogP contribution >= 0.6 is 11.8 Å². The van der Waals surface area contributed by atoms with Crippen LogP contribution in [-0.2, 0) is 6.54 Å². The quantitative estimate of drug-likeness (QED) is 0.617. The van der Waals surface area contributed by atoms with E-state index in [2.05, 4.69) is 55.7 Å². The molecule has 29 heavy (non-hydrogen) atoms. The number of anilines is 2. The zero-order valence-corrected chi connectivity index (χ0v) is 18.1. The third-order valence-electron chi connectivity index (χ3n) is 5.51. The first-order valence-corrected chi connectivity index (χ1v) is 11.3. The normalized spacial score (nSPS) is 15.7. The maximum Gasteiger partial charge on any atom is 0.226 e. The second-order valence-corrected chi connectivity index (χ2v) is 8.63. The molecule has 152 valence electrons. The number of thioether (sulfide) groups is 1. The van der Waals surface area contributed by atoms with Gasteiger partial charge in [-0.3, -0.25) is 4.90 Å². The van der Waals surface area contributed by atoms with E-state index in [1.807, 2.05) is 19.9 Å². The molecule has 0 atom stereocenters. The SMILES string of the molecule is CSc1ccc(CN2CCC(Nc3nc(N)c4c(C)cc(C)nc4n3)CC2)cc1. The van der Waals surface area contributed by atoms with Crippen LogP contribution in [0.25, 0.3) is 11.0 Å². The van der Waals surface area contributed by atoms with Gasteiger partial charge in [0.1, 0.15) is 5.82 Å². The lowest BCUT2D eigenvalue weighted by Gasteiger charge is -2.32. The Labute approximate surface area is 176 Å². The van der Waals surface area contributed by atoms with Crippen LogP contribution in [-0.4, -0.2) is 45.2 Å². The number of hydrogen-bond acceptors (Lipinski definition) is 7. The van der Waals surface area contributed by atoms with Crippen molar-refractivity contribution in [1.82, 2.24) is 19.9 Å². The monoisotopic (exact) mass is 408 g/mol. The number of fused-ring (bicyclic) bond motifs is 1. The molecule has 1 aliphatic rings. The van der Waals surface area contributed by atoms with Crippen molar-refractivity contribution in [2.24, 2.45) is 0 Å². The van der Waals surface area contributed by atoms with Gasteiger partial charge in [0.2, 0.25) is 5.95 Å². The largest absolute Gasteiger partial charge is 0.383 e. The number of rotatable bonds is 5. The van der Waals surface area contributed by atoms with E-state index in [9.17, 15) is 0 Å². The van der Waals surface area contributed by atoms with Gasteiger partial charge in [0, 0.05) is 36.3 Å². The zero-order chi connectivity index (χ0) is 20.4. The number of likely N-dealkylation sites (tertiary alicyclic amines) is 1. The van der Waals surface area contributed by atoms with Crippen LogP contribution in [0.4, 0.5) is 11.8 Å². The molecule has 0 bridgehead atoms. The summed E-state index contributed by atoms with van der Waals surface area (Å²) in [5.41, 5.74) is 10.3. The van der Waals surface area contributed by atoms with Gasteiger partial charge in [0.15, 0.2) is 5.65 Å². The second-order valence-electron chi connectivity index (χ2n) is 7.75. The Hall–Kier alpha value is -2.38. The molecule has 4 rings (SSSR count). The third kappa shape index (κ3) is 4.62. The van der Waals surface area contributed by atoms with Gasteiger partial charge < -0.3 is 11.1 Å². The summed E-state index contributed by atoms with van der Waals surface area (Å²) in [5.74, 6) is 1.08. The second kappa shape index (κ2) is 8.55. The van der Waals surface area contributed by atoms with Crippen molar-refractivity contribution in [3.63, 3.8) is 0 Å². The Bertz CT molecular complexity index is 996. The summed E-state index contributed by atoms with van der Waals surface area (Å²) in [6.45, 7) is 7.11. The molecule has 0 amide bonds. The third-order valence-corrected chi connectivity index (χ3v) is 6.25. The Morgan fingerprint density at radius 1 is 1.10 bits per heavy atom. The summed E-state index contributed by atoms with van der Waals surface area (Å²) in [7, 11) is 0. The topological polar surface area (TPSA) is 80.0 Å². The van der Waals surface area contributed by atoms with E-state index in [1.54, 1.807) is 11.8 Å². The Kier molecular flexibility index (Phi) is 5.87. The highest BCUT2D eigenvalue weighted by Gasteiger charge is 2.20. The van der Waals surface area contributed by atoms with Crippen LogP contribution in [0.5, 0.6) is 0 Å². The van der Waals surface area contributed by atoms with Gasteiger partial charge in [-0.15, -0.1) is 11.8 Å². The predicted molar refractivity (Wildman–Crippen MR) is 121 cm³/mol. The molecule has 1 saturated heterocycles. The van der Waals surface area contributed by atoms with Gasteiger partial charge in [-0.05, 0) is 62.3 Å². The molecular weight excluding hydrogens is 380 g/mol. The van der Waals surface area contributed by atoms with Crippen molar-refractivity contribution in [2.45, 2.75) is 44.2 Å². The van der Waals surface area contributed by atoms with Crippen molar-refractivity contribution in [3.8, 4) is 0 Å². The molecule has 1 aromatic carbocycles. The summed E-state index contributed by atoms with van der Waals surface area (Å²) in [5, 5.41) is 4.33. The number of nitrogen functional groups attached to an aromatic ring is 1. The molecular formula is C22H28N6S. The van der Waals surface area contributed by atoms with E-state index in [0.29, 0.717) is 23.5 Å². The van der Waals surface area contributed by atoms with Crippen LogP contribution in [0.1, 0.15) is 29.7 Å². The number of aryl methyl sites for hydroxylation is 2. The fourth-order valence-electron chi connectivity index (χ4n) is 3.98. The molecule has 1 aliphatic heterocycles. The Morgan fingerprint density at radius 2 is 1.83 bits per heavy atom. The standard InChI is InChI=1S/C22H28N6S/c1-14-12-15(2)24-21-19(14)20(23)26-22(27-21)25-17-8-10-28(11-9-17)13-16-4-6-18(29-3)7-5-16/h4-7,12,17H,8-11,13H2,1-3H3,(H3,23,24,25,26,27). The van der Waals surface area contributed by atoms with Gasteiger partial charge in [-0.25, -0.2) is 4.98 Å². The Balaban J connectivity index is 1.38. The average Bonchev–Trinajstić information content (AvgIpc) is 2.69. The maximum absolute atomic E-state index is 6.20.